The van der Waals surface area contributed by atoms with Crippen LogP contribution >= 0.6 is 12.4 Å². The number of nitrogens with two attached hydrogens (primary N) is 1. The molecule has 6 heteroatoms. The fraction of sp³-hybridized carbons (Fsp3) is 0.412. The molecule has 2 N–H and O–H groups in total. The molecule has 1 heterocycles. The van der Waals surface area contributed by atoms with Gasteiger partial charge in [-0.05, 0) is 18.9 Å². The summed E-state index contributed by atoms with van der Waals surface area (Å²) in [7, 11) is 1.74. The van der Waals surface area contributed by atoms with Gasteiger partial charge in [0.25, 0.3) is 5.91 Å². The first-order valence-corrected chi connectivity index (χ1v) is 7.32. The minimum Gasteiger partial charge on any atom is -0.350 e. The average molecular weight is 338 g/mol. The Hall–Kier alpha value is -1.85. The van der Waals surface area contributed by atoms with Gasteiger partial charge in [0.2, 0.25) is 5.76 Å². The lowest BCUT2D eigenvalue weighted by Crippen LogP contribution is -2.39. The van der Waals surface area contributed by atoms with Gasteiger partial charge in [-0.2, -0.15) is 0 Å². The van der Waals surface area contributed by atoms with Gasteiger partial charge in [0, 0.05) is 25.2 Å². The molecule has 0 saturated carbocycles. The SMILES string of the molecule is Cc1ccc(-c2cc(C(=O)N(C)CC(C)(C)CN)on2)cc1.Cl. The number of hydrogen-bond acceptors (Lipinski definition) is 4. The van der Waals surface area contributed by atoms with Crippen molar-refractivity contribution >= 4 is 18.3 Å². The molecule has 1 amide bonds. The summed E-state index contributed by atoms with van der Waals surface area (Å²) in [5.74, 6) is 0.0540. The van der Waals surface area contributed by atoms with E-state index in [1.54, 1.807) is 18.0 Å². The highest BCUT2D eigenvalue weighted by molar-refractivity contribution is 5.92. The second-order valence-electron chi connectivity index (χ2n) is 6.47. The number of rotatable bonds is 5. The predicted molar refractivity (Wildman–Crippen MR) is 93.7 cm³/mol. The maximum Gasteiger partial charge on any atom is 0.292 e. The van der Waals surface area contributed by atoms with E-state index in [1.807, 2.05) is 45.0 Å². The number of benzene rings is 1. The van der Waals surface area contributed by atoms with E-state index in [0.717, 1.165) is 5.56 Å². The Morgan fingerprint density at radius 1 is 1.30 bits per heavy atom. The van der Waals surface area contributed by atoms with Gasteiger partial charge in [-0.3, -0.25) is 4.79 Å². The lowest BCUT2D eigenvalue weighted by molar-refractivity contribution is 0.0699. The molecule has 0 fully saturated rings. The largest absolute Gasteiger partial charge is 0.350 e. The van der Waals surface area contributed by atoms with Gasteiger partial charge in [0.1, 0.15) is 5.69 Å². The van der Waals surface area contributed by atoms with Crippen LogP contribution in [0.25, 0.3) is 11.3 Å². The van der Waals surface area contributed by atoms with E-state index in [4.69, 9.17) is 10.3 Å². The van der Waals surface area contributed by atoms with Crippen LogP contribution in [0.3, 0.4) is 0 Å². The first-order chi connectivity index (χ1) is 10.3. The van der Waals surface area contributed by atoms with Crippen LogP contribution in [0.15, 0.2) is 34.9 Å². The maximum absolute atomic E-state index is 12.4. The molecular weight excluding hydrogens is 314 g/mol. The molecule has 0 aliphatic carbocycles. The van der Waals surface area contributed by atoms with Crippen molar-refractivity contribution in [3.8, 4) is 11.3 Å². The molecule has 0 radical (unpaired) electrons. The molecule has 0 aliphatic heterocycles. The molecule has 0 spiro atoms. The number of amides is 1. The molecule has 0 unspecified atom stereocenters. The van der Waals surface area contributed by atoms with Crippen molar-refractivity contribution in [2.75, 3.05) is 20.1 Å². The van der Waals surface area contributed by atoms with Crippen molar-refractivity contribution in [3.63, 3.8) is 0 Å². The molecule has 2 rings (SSSR count). The fourth-order valence-electron chi connectivity index (χ4n) is 2.20. The van der Waals surface area contributed by atoms with E-state index < -0.39 is 0 Å². The Labute approximate surface area is 143 Å². The molecule has 126 valence electrons. The van der Waals surface area contributed by atoms with Crippen LogP contribution in [0.2, 0.25) is 0 Å². The van der Waals surface area contributed by atoms with Gasteiger partial charge in [0.05, 0.1) is 0 Å². The smallest absolute Gasteiger partial charge is 0.292 e. The molecular formula is C17H24ClN3O2. The second kappa shape index (κ2) is 7.62. The van der Waals surface area contributed by atoms with Gasteiger partial charge in [0.15, 0.2) is 0 Å². The summed E-state index contributed by atoms with van der Waals surface area (Å²) in [6, 6.07) is 9.60. The molecule has 23 heavy (non-hydrogen) atoms. The van der Waals surface area contributed by atoms with Gasteiger partial charge in [-0.15, -0.1) is 12.4 Å². The van der Waals surface area contributed by atoms with Crippen LogP contribution in [-0.2, 0) is 0 Å². The summed E-state index contributed by atoms with van der Waals surface area (Å²) < 4.78 is 5.21. The monoisotopic (exact) mass is 337 g/mol. The molecule has 2 aromatic rings. The molecule has 0 bridgehead atoms. The Kier molecular flexibility index (Phi) is 6.36. The number of halogens is 1. The minimum atomic E-state index is -0.188. The van der Waals surface area contributed by atoms with Crippen LogP contribution < -0.4 is 5.73 Å². The van der Waals surface area contributed by atoms with Crippen molar-refractivity contribution in [1.82, 2.24) is 10.1 Å². The highest BCUT2D eigenvalue weighted by atomic mass is 35.5. The number of carbonyl (C=O) groups excluding carboxylic acids is 1. The van der Waals surface area contributed by atoms with Gasteiger partial charge in [-0.25, -0.2) is 0 Å². The molecule has 1 aromatic heterocycles. The van der Waals surface area contributed by atoms with Crippen molar-refractivity contribution in [3.05, 3.63) is 41.7 Å². The highest BCUT2D eigenvalue weighted by Crippen LogP contribution is 2.21. The highest BCUT2D eigenvalue weighted by Gasteiger charge is 2.24. The lowest BCUT2D eigenvalue weighted by Gasteiger charge is -2.28. The van der Waals surface area contributed by atoms with Crippen LogP contribution in [0.4, 0.5) is 0 Å². The summed E-state index contributed by atoms with van der Waals surface area (Å²) in [5.41, 5.74) is 8.34. The Balaban J connectivity index is 0.00000264. The number of carbonyl (C=O) groups is 1. The van der Waals surface area contributed by atoms with Gasteiger partial charge >= 0.3 is 0 Å². The summed E-state index contributed by atoms with van der Waals surface area (Å²) in [6.45, 7) is 7.14. The zero-order chi connectivity index (χ0) is 16.3. The first-order valence-electron chi connectivity index (χ1n) is 7.32. The normalized spacial score (nSPS) is 11.0. The third-order valence-electron chi connectivity index (χ3n) is 3.63. The summed E-state index contributed by atoms with van der Waals surface area (Å²) in [6.07, 6.45) is 0. The predicted octanol–water partition coefficient (Wildman–Crippen LogP) is 3.13. The first kappa shape index (κ1) is 19.2. The van der Waals surface area contributed by atoms with E-state index in [0.29, 0.717) is 18.8 Å². The fourth-order valence-corrected chi connectivity index (χ4v) is 2.20. The number of nitrogens with zero attached hydrogens (tertiary/aromatic N) is 2. The van der Waals surface area contributed by atoms with Gasteiger partial charge < -0.3 is 15.2 Å². The van der Waals surface area contributed by atoms with Crippen molar-refractivity contribution in [2.45, 2.75) is 20.8 Å². The van der Waals surface area contributed by atoms with Gasteiger partial charge in [-0.1, -0.05) is 48.8 Å². The maximum atomic E-state index is 12.4. The Morgan fingerprint density at radius 2 is 1.91 bits per heavy atom. The number of aryl methyl sites for hydroxylation is 1. The minimum absolute atomic E-state index is 0. The third-order valence-corrected chi connectivity index (χ3v) is 3.63. The van der Waals surface area contributed by atoms with Crippen LogP contribution in [0.1, 0.15) is 30.0 Å². The zero-order valence-corrected chi connectivity index (χ0v) is 14.8. The van der Waals surface area contributed by atoms with Crippen molar-refractivity contribution in [1.29, 1.82) is 0 Å². The standard InChI is InChI=1S/C17H23N3O2.ClH/c1-12-5-7-13(8-6-12)14-9-15(22-19-14)16(21)20(4)11-17(2,3)10-18;/h5-9H,10-11,18H2,1-4H3;1H. The van der Waals surface area contributed by atoms with E-state index in [-0.39, 0.29) is 29.5 Å². The third kappa shape index (κ3) is 4.81. The summed E-state index contributed by atoms with van der Waals surface area (Å²) >= 11 is 0. The Morgan fingerprint density at radius 3 is 2.48 bits per heavy atom. The lowest BCUT2D eigenvalue weighted by atomic mass is 9.93. The quantitative estimate of drug-likeness (QED) is 0.909. The zero-order valence-electron chi connectivity index (χ0n) is 14.0. The number of hydrogen-bond donors (Lipinski definition) is 1. The summed E-state index contributed by atoms with van der Waals surface area (Å²) in [4.78, 5) is 14.0. The molecule has 0 atom stereocenters. The van der Waals surface area contributed by atoms with E-state index >= 15 is 0 Å². The van der Waals surface area contributed by atoms with E-state index in [2.05, 4.69) is 5.16 Å². The summed E-state index contributed by atoms with van der Waals surface area (Å²) in [5, 5.41) is 3.99. The van der Waals surface area contributed by atoms with Crippen molar-refractivity contribution < 1.29 is 9.32 Å². The topological polar surface area (TPSA) is 72.4 Å². The number of aromatic nitrogens is 1. The Bertz CT molecular complexity index is 650. The molecule has 1 aromatic carbocycles. The molecule has 0 aliphatic rings. The van der Waals surface area contributed by atoms with Crippen LogP contribution in [-0.4, -0.2) is 36.1 Å². The average Bonchev–Trinajstić information content (AvgIpc) is 2.96. The van der Waals surface area contributed by atoms with Crippen LogP contribution in [0.5, 0.6) is 0 Å². The van der Waals surface area contributed by atoms with Crippen LogP contribution in [0, 0.1) is 12.3 Å². The molecule has 0 saturated heterocycles. The van der Waals surface area contributed by atoms with E-state index in [1.165, 1.54) is 5.56 Å². The van der Waals surface area contributed by atoms with Crippen molar-refractivity contribution in [2.24, 2.45) is 11.1 Å². The van der Waals surface area contributed by atoms with E-state index in [9.17, 15) is 4.79 Å². The second-order valence-corrected chi connectivity index (χ2v) is 6.47. The molecule has 5 nitrogen and oxygen atoms in total.